The normalized spacial score (nSPS) is 11.4. The molecule has 1 amide bonds. The smallest absolute Gasteiger partial charge is 0.225 e. The van der Waals surface area contributed by atoms with Gasteiger partial charge in [-0.1, -0.05) is 37.1 Å². The summed E-state index contributed by atoms with van der Waals surface area (Å²) in [4.78, 5) is 26.5. The first-order chi connectivity index (χ1) is 15.1. The number of amides is 1. The summed E-state index contributed by atoms with van der Waals surface area (Å²) in [6.45, 7) is 5.86. The van der Waals surface area contributed by atoms with Gasteiger partial charge in [-0.25, -0.2) is 9.97 Å². The molecule has 0 fully saturated rings. The van der Waals surface area contributed by atoms with Gasteiger partial charge in [0, 0.05) is 12.1 Å². The summed E-state index contributed by atoms with van der Waals surface area (Å²) < 4.78 is 1.46. The van der Waals surface area contributed by atoms with Gasteiger partial charge in [-0.2, -0.15) is 4.68 Å². The van der Waals surface area contributed by atoms with Gasteiger partial charge in [0.05, 0.1) is 5.69 Å². The second kappa shape index (κ2) is 10.9. The van der Waals surface area contributed by atoms with E-state index in [0.717, 1.165) is 25.0 Å². The number of unbranched alkanes of at least 4 members (excludes halogenated alkanes) is 2. The number of aryl methyl sites for hydroxylation is 2. The van der Waals surface area contributed by atoms with Crippen LogP contribution in [0.4, 0.5) is 5.82 Å². The summed E-state index contributed by atoms with van der Waals surface area (Å²) in [5.41, 5.74) is 2.04. The lowest BCUT2D eigenvalue weighted by Crippen LogP contribution is -2.19. The van der Waals surface area contributed by atoms with E-state index in [-0.39, 0.29) is 12.5 Å². The third kappa shape index (κ3) is 6.39. The summed E-state index contributed by atoms with van der Waals surface area (Å²) in [7, 11) is 0. The molecule has 0 aromatic carbocycles. The van der Waals surface area contributed by atoms with E-state index in [4.69, 9.17) is 4.84 Å². The lowest BCUT2D eigenvalue weighted by molar-refractivity contribution is -0.116. The van der Waals surface area contributed by atoms with E-state index in [9.17, 15) is 4.79 Å². The molecule has 0 aliphatic rings. The van der Waals surface area contributed by atoms with Crippen molar-refractivity contribution < 1.29 is 9.63 Å². The number of aromatic nitrogens is 6. The summed E-state index contributed by atoms with van der Waals surface area (Å²) in [5.74, 6) is 1.37. The quantitative estimate of drug-likeness (QED) is 0.243. The predicted molar refractivity (Wildman–Crippen MR) is 115 cm³/mol. The zero-order chi connectivity index (χ0) is 22.1. The molecule has 3 aromatic heterocycles. The molecule has 1 N–H and O–H groups in total. The van der Waals surface area contributed by atoms with E-state index in [1.807, 2.05) is 31.2 Å². The van der Waals surface area contributed by atoms with Crippen molar-refractivity contribution in [3.8, 4) is 0 Å². The fourth-order valence-corrected chi connectivity index (χ4v) is 2.82. The number of nitrogens with zero attached hydrogens (tertiary/aromatic N) is 7. The second-order valence-corrected chi connectivity index (χ2v) is 7.01. The first-order valence-electron chi connectivity index (χ1n) is 10.2. The van der Waals surface area contributed by atoms with Gasteiger partial charge in [-0.3, -0.25) is 4.79 Å². The minimum Gasteiger partial charge on any atom is -0.387 e. The minimum absolute atomic E-state index is 0.0426. The van der Waals surface area contributed by atoms with Crippen molar-refractivity contribution in [2.24, 2.45) is 5.16 Å². The highest BCUT2D eigenvalue weighted by molar-refractivity contribution is 5.98. The second-order valence-electron chi connectivity index (χ2n) is 7.01. The predicted octanol–water partition coefficient (Wildman–Crippen LogP) is 3.03. The van der Waals surface area contributed by atoms with Crippen molar-refractivity contribution >= 4 is 17.6 Å². The number of carbonyl (C=O) groups is 1. The molecule has 0 saturated heterocycles. The van der Waals surface area contributed by atoms with Gasteiger partial charge in [0.25, 0.3) is 0 Å². The number of oxime groups is 1. The number of hydrogen-bond donors (Lipinski definition) is 1. The summed E-state index contributed by atoms with van der Waals surface area (Å²) in [6, 6.07) is 10.9. The monoisotopic (exact) mass is 422 g/mol. The van der Waals surface area contributed by atoms with E-state index in [0.29, 0.717) is 35.3 Å². The Bertz CT molecular complexity index is 1050. The molecular formula is C21H26N8O2. The highest BCUT2D eigenvalue weighted by Crippen LogP contribution is 2.09. The fourth-order valence-electron chi connectivity index (χ4n) is 2.82. The van der Waals surface area contributed by atoms with Crippen molar-refractivity contribution in [2.45, 2.75) is 53.1 Å². The number of carbonyl (C=O) groups excluding carboxylic acids is 1. The van der Waals surface area contributed by atoms with Crippen LogP contribution in [-0.4, -0.2) is 41.9 Å². The van der Waals surface area contributed by atoms with Crippen molar-refractivity contribution in [1.82, 2.24) is 30.2 Å². The van der Waals surface area contributed by atoms with Crippen LogP contribution in [0.2, 0.25) is 0 Å². The molecule has 3 rings (SSSR count). The maximum Gasteiger partial charge on any atom is 0.225 e. The molecule has 10 heteroatoms. The molecule has 3 aromatic rings. The van der Waals surface area contributed by atoms with Crippen molar-refractivity contribution in [3.63, 3.8) is 0 Å². The molecule has 0 spiro atoms. The number of nitrogens with one attached hydrogen (secondary N) is 1. The summed E-state index contributed by atoms with van der Waals surface area (Å²) in [5, 5.41) is 18.6. The van der Waals surface area contributed by atoms with Gasteiger partial charge in [-0.05, 0) is 55.0 Å². The van der Waals surface area contributed by atoms with Crippen LogP contribution in [0.25, 0.3) is 0 Å². The third-order valence-electron chi connectivity index (χ3n) is 4.39. The first kappa shape index (κ1) is 22.0. The fraction of sp³-hybridized carbons (Fsp3) is 0.381. The molecule has 0 unspecified atom stereocenters. The van der Waals surface area contributed by atoms with Crippen LogP contribution in [0.3, 0.4) is 0 Å². The Morgan fingerprint density at radius 1 is 1.13 bits per heavy atom. The molecule has 0 aliphatic carbocycles. The van der Waals surface area contributed by atoms with Gasteiger partial charge in [-0.15, -0.1) is 5.10 Å². The van der Waals surface area contributed by atoms with Crippen LogP contribution in [0.15, 0.2) is 41.6 Å². The SMILES string of the molecule is CCCCCC(=O)Nc1cccc(CO/N=C(\c2cccc(C)n2)n2nnnc2C)n1. The maximum atomic E-state index is 12.0. The van der Waals surface area contributed by atoms with Gasteiger partial charge in [0.15, 0.2) is 12.4 Å². The summed E-state index contributed by atoms with van der Waals surface area (Å²) >= 11 is 0. The number of anilines is 1. The van der Waals surface area contributed by atoms with Gasteiger partial charge in [0.1, 0.15) is 11.5 Å². The number of rotatable bonds is 9. The van der Waals surface area contributed by atoms with Crippen molar-refractivity contribution in [1.29, 1.82) is 0 Å². The van der Waals surface area contributed by atoms with Crippen LogP contribution in [-0.2, 0) is 16.2 Å². The zero-order valence-corrected chi connectivity index (χ0v) is 17.9. The Morgan fingerprint density at radius 2 is 1.97 bits per heavy atom. The lowest BCUT2D eigenvalue weighted by Gasteiger charge is -2.08. The van der Waals surface area contributed by atoms with E-state index in [2.05, 4.69) is 42.9 Å². The Hall–Kier alpha value is -3.69. The highest BCUT2D eigenvalue weighted by Gasteiger charge is 2.14. The number of tetrazole rings is 1. The Kier molecular flexibility index (Phi) is 7.74. The largest absolute Gasteiger partial charge is 0.387 e. The van der Waals surface area contributed by atoms with Crippen molar-refractivity contribution in [2.75, 3.05) is 5.32 Å². The Labute approximate surface area is 180 Å². The van der Waals surface area contributed by atoms with Crippen LogP contribution in [0, 0.1) is 13.8 Å². The maximum absolute atomic E-state index is 12.0. The van der Waals surface area contributed by atoms with Gasteiger partial charge >= 0.3 is 0 Å². The zero-order valence-electron chi connectivity index (χ0n) is 17.9. The number of hydrogen-bond acceptors (Lipinski definition) is 8. The molecular weight excluding hydrogens is 396 g/mol. The van der Waals surface area contributed by atoms with E-state index in [1.165, 1.54) is 4.68 Å². The van der Waals surface area contributed by atoms with Crippen molar-refractivity contribution in [3.05, 3.63) is 59.3 Å². The van der Waals surface area contributed by atoms with Gasteiger partial charge < -0.3 is 10.2 Å². The molecule has 0 aliphatic heterocycles. The molecule has 31 heavy (non-hydrogen) atoms. The topological polar surface area (TPSA) is 120 Å². The van der Waals surface area contributed by atoms with E-state index in [1.54, 1.807) is 19.1 Å². The Balaban J connectivity index is 1.70. The molecule has 0 radical (unpaired) electrons. The molecule has 0 bridgehead atoms. The number of pyridine rings is 2. The van der Waals surface area contributed by atoms with Crippen LogP contribution in [0.1, 0.15) is 55.5 Å². The molecule has 0 saturated carbocycles. The standard InChI is InChI=1S/C21H26N8O2/c1-4-5-6-13-20(30)24-19-12-8-10-17(23-19)14-31-26-21(29-16(3)25-27-28-29)18-11-7-9-15(2)22-18/h7-12H,4-6,13-14H2,1-3H3,(H,23,24,30)/b26-21+. The van der Waals surface area contributed by atoms with Gasteiger partial charge in [0.2, 0.25) is 11.7 Å². The molecule has 0 atom stereocenters. The van der Waals surface area contributed by atoms with Crippen LogP contribution < -0.4 is 5.32 Å². The third-order valence-corrected chi connectivity index (χ3v) is 4.39. The van der Waals surface area contributed by atoms with E-state index < -0.39 is 0 Å². The Morgan fingerprint density at radius 3 is 2.71 bits per heavy atom. The average Bonchev–Trinajstić information content (AvgIpc) is 3.17. The average molecular weight is 422 g/mol. The highest BCUT2D eigenvalue weighted by atomic mass is 16.6. The molecule has 10 nitrogen and oxygen atoms in total. The molecule has 162 valence electrons. The van der Waals surface area contributed by atoms with Crippen LogP contribution >= 0.6 is 0 Å². The van der Waals surface area contributed by atoms with E-state index >= 15 is 0 Å². The lowest BCUT2D eigenvalue weighted by atomic mass is 10.2. The minimum atomic E-state index is -0.0426. The summed E-state index contributed by atoms with van der Waals surface area (Å²) in [6.07, 6.45) is 3.46. The van der Waals surface area contributed by atoms with Crippen LogP contribution in [0.5, 0.6) is 0 Å². The molecule has 3 heterocycles. The first-order valence-corrected chi connectivity index (χ1v) is 10.2.